The lowest BCUT2D eigenvalue weighted by atomic mass is 9.79. The highest BCUT2D eigenvalue weighted by atomic mass is 15.1. The van der Waals surface area contributed by atoms with E-state index >= 15 is 0 Å². The lowest BCUT2D eigenvalue weighted by molar-refractivity contribution is 0.321. The van der Waals surface area contributed by atoms with Crippen molar-refractivity contribution in [1.82, 2.24) is 15.0 Å². The zero-order chi connectivity index (χ0) is 25.5. The Bertz CT molecular complexity index is 1090. The predicted molar refractivity (Wildman–Crippen MR) is 154 cm³/mol. The topological polar surface area (TPSA) is 50.7 Å². The molecule has 1 aromatic carbocycles. The second kappa shape index (κ2) is 12.7. The van der Waals surface area contributed by atoms with Crippen LogP contribution < -0.4 is 5.32 Å². The van der Waals surface area contributed by atoms with Crippen LogP contribution in [0.5, 0.6) is 0 Å². The molecule has 2 fully saturated rings. The number of rotatable bonds is 9. The summed E-state index contributed by atoms with van der Waals surface area (Å²) in [5.41, 5.74) is 5.66. The fraction of sp³-hybridized carbons (Fsp3) is 0.545. The molecule has 37 heavy (non-hydrogen) atoms. The van der Waals surface area contributed by atoms with E-state index in [2.05, 4.69) is 60.5 Å². The Hall–Kier alpha value is -2.75. The molecule has 4 nitrogen and oxygen atoms in total. The summed E-state index contributed by atoms with van der Waals surface area (Å²) in [6.45, 7) is 4.67. The van der Waals surface area contributed by atoms with Gasteiger partial charge in [-0.05, 0) is 85.8 Å². The lowest BCUT2D eigenvalue weighted by Gasteiger charge is -2.26. The molecule has 0 amide bonds. The summed E-state index contributed by atoms with van der Waals surface area (Å²) in [5.74, 6) is 3.70. The zero-order valence-electron chi connectivity index (χ0n) is 22.8. The van der Waals surface area contributed by atoms with Gasteiger partial charge in [0.15, 0.2) is 0 Å². The molecule has 1 atom stereocenters. The van der Waals surface area contributed by atoms with E-state index in [9.17, 15) is 0 Å². The van der Waals surface area contributed by atoms with Crippen LogP contribution >= 0.6 is 0 Å². The van der Waals surface area contributed by atoms with Crippen molar-refractivity contribution in [2.24, 2.45) is 11.8 Å². The molecular weight excluding hydrogens is 452 g/mol. The van der Waals surface area contributed by atoms with Gasteiger partial charge >= 0.3 is 0 Å². The van der Waals surface area contributed by atoms with Crippen LogP contribution in [0, 0.1) is 11.8 Å². The molecule has 196 valence electrons. The Morgan fingerprint density at radius 1 is 0.865 bits per heavy atom. The van der Waals surface area contributed by atoms with Crippen LogP contribution in [0.3, 0.4) is 0 Å². The number of hydrogen-bond donors (Lipinski definition) is 1. The van der Waals surface area contributed by atoms with Crippen molar-refractivity contribution >= 4 is 11.6 Å². The fourth-order valence-corrected chi connectivity index (χ4v) is 6.41. The van der Waals surface area contributed by atoms with Gasteiger partial charge in [-0.1, -0.05) is 70.9 Å². The molecule has 2 saturated carbocycles. The van der Waals surface area contributed by atoms with Gasteiger partial charge in [-0.2, -0.15) is 0 Å². The Morgan fingerprint density at radius 2 is 1.65 bits per heavy atom. The van der Waals surface area contributed by atoms with Gasteiger partial charge in [0.05, 0.1) is 5.69 Å². The second-order valence-electron chi connectivity index (χ2n) is 11.6. The third kappa shape index (κ3) is 6.97. The molecular formula is C33H44N4. The average Bonchev–Trinajstić information content (AvgIpc) is 2.95. The van der Waals surface area contributed by atoms with Crippen LogP contribution in [0.4, 0.5) is 11.6 Å². The van der Waals surface area contributed by atoms with Gasteiger partial charge in [0.25, 0.3) is 0 Å². The van der Waals surface area contributed by atoms with Gasteiger partial charge in [-0.3, -0.25) is 4.98 Å². The zero-order valence-corrected chi connectivity index (χ0v) is 22.8. The van der Waals surface area contributed by atoms with Gasteiger partial charge in [0.1, 0.15) is 0 Å². The van der Waals surface area contributed by atoms with Gasteiger partial charge in [0, 0.05) is 35.3 Å². The van der Waals surface area contributed by atoms with Crippen molar-refractivity contribution in [1.29, 1.82) is 0 Å². The van der Waals surface area contributed by atoms with E-state index in [4.69, 9.17) is 9.97 Å². The van der Waals surface area contributed by atoms with Crippen LogP contribution in [0.2, 0.25) is 0 Å². The van der Waals surface area contributed by atoms with Crippen molar-refractivity contribution in [3.63, 3.8) is 0 Å². The molecule has 4 heteroatoms. The summed E-state index contributed by atoms with van der Waals surface area (Å²) >= 11 is 0. The number of anilines is 2. The van der Waals surface area contributed by atoms with E-state index in [1.165, 1.54) is 81.9 Å². The van der Waals surface area contributed by atoms with E-state index in [-0.39, 0.29) is 0 Å². The average molecular weight is 497 g/mol. The first kappa shape index (κ1) is 25.9. The summed E-state index contributed by atoms with van der Waals surface area (Å²) in [7, 11) is 0. The van der Waals surface area contributed by atoms with Crippen molar-refractivity contribution in [3.05, 3.63) is 66.1 Å². The number of nitrogens with one attached hydrogen (secondary N) is 1. The second-order valence-corrected chi connectivity index (χ2v) is 11.6. The number of nitrogens with zero attached hydrogens (tertiary/aromatic N) is 3. The van der Waals surface area contributed by atoms with Crippen molar-refractivity contribution in [3.8, 4) is 11.3 Å². The van der Waals surface area contributed by atoms with Crippen LogP contribution in [-0.4, -0.2) is 15.0 Å². The van der Waals surface area contributed by atoms with Crippen LogP contribution in [0.1, 0.15) is 114 Å². The monoisotopic (exact) mass is 496 g/mol. The summed E-state index contributed by atoms with van der Waals surface area (Å²) in [6, 6.07) is 15.2. The molecule has 0 radical (unpaired) electrons. The Kier molecular flexibility index (Phi) is 8.86. The maximum Gasteiger partial charge on any atom is 0.227 e. The molecule has 3 aromatic rings. The van der Waals surface area contributed by atoms with Crippen LogP contribution in [0.15, 0.2) is 54.9 Å². The lowest BCUT2D eigenvalue weighted by Crippen LogP contribution is -2.10. The first-order valence-electron chi connectivity index (χ1n) is 14.8. The molecule has 0 aliphatic heterocycles. The van der Waals surface area contributed by atoms with Crippen LogP contribution in [-0.2, 0) is 0 Å². The van der Waals surface area contributed by atoms with E-state index < -0.39 is 0 Å². The highest BCUT2D eigenvalue weighted by Crippen LogP contribution is 2.36. The summed E-state index contributed by atoms with van der Waals surface area (Å²) < 4.78 is 0. The molecule has 1 N–H and O–H groups in total. The molecule has 2 heterocycles. The standard InChI is InChI=1S/C33H44N4/c1-3-26(14-11-25-7-5-4-6-8-25)31-20-17-29(23-35-31)32-21-22-34-33(37-32)36-30-18-15-28(16-19-30)27-12-9-24(2)10-13-27/h15-27H,3-14H2,1-2H3,(H,34,36,37). The minimum Gasteiger partial charge on any atom is -0.324 e. The van der Waals surface area contributed by atoms with E-state index in [0.29, 0.717) is 17.8 Å². The number of benzene rings is 1. The smallest absolute Gasteiger partial charge is 0.227 e. The first-order chi connectivity index (χ1) is 18.2. The van der Waals surface area contributed by atoms with Gasteiger partial charge in [-0.25, -0.2) is 9.97 Å². The van der Waals surface area contributed by atoms with E-state index in [1.54, 1.807) is 0 Å². The summed E-state index contributed by atoms with van der Waals surface area (Å²) in [6.07, 6.45) is 20.0. The number of pyridine rings is 1. The quantitative estimate of drug-likeness (QED) is 0.320. The molecule has 2 aliphatic carbocycles. The van der Waals surface area contributed by atoms with Crippen molar-refractivity contribution < 1.29 is 0 Å². The Morgan fingerprint density at radius 3 is 2.35 bits per heavy atom. The number of hydrogen-bond acceptors (Lipinski definition) is 4. The summed E-state index contributed by atoms with van der Waals surface area (Å²) in [4.78, 5) is 14.1. The highest BCUT2D eigenvalue weighted by molar-refractivity contribution is 5.61. The SMILES string of the molecule is CCC(CCC1CCCCC1)c1ccc(-c2ccnc(Nc3ccc(C4CCC(C)CC4)cc3)n2)cn1. The van der Waals surface area contributed by atoms with Gasteiger partial charge in [-0.15, -0.1) is 0 Å². The molecule has 5 rings (SSSR count). The molecule has 0 bridgehead atoms. The van der Waals surface area contributed by atoms with E-state index in [1.807, 2.05) is 18.5 Å². The molecule has 0 spiro atoms. The first-order valence-corrected chi connectivity index (χ1v) is 14.8. The molecule has 0 saturated heterocycles. The van der Waals surface area contributed by atoms with Crippen molar-refractivity contribution in [2.45, 2.75) is 103 Å². The molecule has 2 aliphatic rings. The third-order valence-corrected chi connectivity index (χ3v) is 8.95. The van der Waals surface area contributed by atoms with Gasteiger partial charge in [0.2, 0.25) is 5.95 Å². The van der Waals surface area contributed by atoms with Crippen LogP contribution in [0.25, 0.3) is 11.3 Å². The Balaban J connectivity index is 1.20. The molecule has 2 aromatic heterocycles. The molecule has 1 unspecified atom stereocenters. The van der Waals surface area contributed by atoms with Crippen molar-refractivity contribution in [2.75, 3.05) is 5.32 Å². The third-order valence-electron chi connectivity index (χ3n) is 8.95. The Labute approximate surface area is 223 Å². The minimum absolute atomic E-state index is 0.554. The largest absolute Gasteiger partial charge is 0.324 e. The maximum atomic E-state index is 4.88. The summed E-state index contributed by atoms with van der Waals surface area (Å²) in [5, 5.41) is 3.40. The minimum atomic E-state index is 0.554. The van der Waals surface area contributed by atoms with Gasteiger partial charge < -0.3 is 5.32 Å². The normalized spacial score (nSPS) is 21.5. The predicted octanol–water partition coefficient (Wildman–Crippen LogP) is 9.43. The fourth-order valence-electron chi connectivity index (χ4n) is 6.41. The highest BCUT2D eigenvalue weighted by Gasteiger charge is 2.20. The van der Waals surface area contributed by atoms with E-state index in [0.717, 1.165) is 35.2 Å². The number of aromatic nitrogens is 3. The maximum absolute atomic E-state index is 4.88.